The summed E-state index contributed by atoms with van der Waals surface area (Å²) in [5.41, 5.74) is -3.23. The minimum Gasteiger partial charge on any atom is -0.393 e. The van der Waals surface area contributed by atoms with E-state index in [1.54, 1.807) is 12.1 Å². The van der Waals surface area contributed by atoms with Gasteiger partial charge in [-0.05, 0) is 123 Å². The third kappa shape index (κ3) is 10.9. The van der Waals surface area contributed by atoms with Crippen LogP contribution in [-0.4, -0.2) is 120 Å². The maximum absolute atomic E-state index is 14.2. The summed E-state index contributed by atoms with van der Waals surface area (Å²) in [7, 11) is -11.0. The second-order valence-corrected chi connectivity index (χ2v) is 24.8. The van der Waals surface area contributed by atoms with Crippen molar-refractivity contribution in [3.63, 3.8) is 0 Å². The van der Waals surface area contributed by atoms with Crippen molar-refractivity contribution in [2.24, 2.45) is 16.2 Å². The van der Waals surface area contributed by atoms with Gasteiger partial charge in [0.2, 0.25) is 6.43 Å². The number of rotatable bonds is 17. The van der Waals surface area contributed by atoms with Crippen LogP contribution < -0.4 is 14.9 Å². The van der Waals surface area contributed by atoms with E-state index < -0.39 is 70.7 Å². The number of nitrogens with zero attached hydrogens (tertiary/aromatic N) is 3. The molecule has 3 aromatic carbocycles. The highest BCUT2D eigenvalue weighted by atomic mass is 32.2. The molecule has 3 N–H and O–H groups in total. The molecule has 2 heterocycles. The van der Waals surface area contributed by atoms with Gasteiger partial charge in [0.1, 0.15) is 4.90 Å². The number of hydrogen-bond acceptors (Lipinski definition) is 11. The zero-order valence-corrected chi connectivity index (χ0v) is 40.3. The van der Waals surface area contributed by atoms with Crippen LogP contribution >= 0.6 is 11.8 Å². The van der Waals surface area contributed by atoms with E-state index in [-0.39, 0.29) is 16.4 Å². The Labute approximate surface area is 394 Å². The van der Waals surface area contributed by atoms with E-state index in [9.17, 15) is 48.7 Å². The number of carbonyl (C=O) groups excluding carboxylic acids is 1. The normalized spacial score (nSPS) is 24.5. The number of aliphatic hydroxyl groups excluding tert-OH is 1. The summed E-state index contributed by atoms with van der Waals surface area (Å²) in [4.78, 5) is 18.8. The number of allylic oxidation sites excluding steroid dienone is 1. The average Bonchev–Trinajstić information content (AvgIpc) is 3.25. The summed E-state index contributed by atoms with van der Waals surface area (Å²) in [5.74, 6) is -0.713. The fourth-order valence-electron chi connectivity index (χ4n) is 10.9. The van der Waals surface area contributed by atoms with Crippen molar-refractivity contribution in [2.75, 3.05) is 68.3 Å². The molecule has 1 unspecified atom stereocenters. The Hall–Kier alpha value is -3.75. The first kappa shape index (κ1) is 49.7. The average molecular weight is 994 g/mol. The second kappa shape index (κ2) is 19.2. The molecule has 1 amide bonds. The molecule has 3 aromatic rings. The molecule has 5 fully saturated rings. The van der Waals surface area contributed by atoms with Gasteiger partial charge in [-0.25, -0.2) is 30.3 Å². The van der Waals surface area contributed by atoms with Gasteiger partial charge in [0.05, 0.1) is 16.7 Å². The maximum Gasteiger partial charge on any atom is 0.501 e. The zero-order chi connectivity index (χ0) is 48.0. The number of thioether (sulfide) groups is 1. The quantitative estimate of drug-likeness (QED) is 0.0681. The molecule has 2 saturated heterocycles. The Kier molecular flexibility index (Phi) is 14.2. The van der Waals surface area contributed by atoms with Gasteiger partial charge in [-0.2, -0.15) is 13.2 Å². The summed E-state index contributed by atoms with van der Waals surface area (Å²) in [6.45, 7) is 10.1. The Morgan fingerprint density at radius 2 is 1.54 bits per heavy atom. The molecule has 11 nitrogen and oxygen atoms in total. The van der Waals surface area contributed by atoms with Crippen molar-refractivity contribution in [2.45, 2.75) is 110 Å². The van der Waals surface area contributed by atoms with Crippen LogP contribution in [0.5, 0.6) is 0 Å². The Morgan fingerprint density at radius 3 is 2.16 bits per heavy atom. The monoisotopic (exact) mass is 993 g/mol. The van der Waals surface area contributed by atoms with Crippen molar-refractivity contribution < 1.29 is 48.7 Å². The first-order valence-corrected chi connectivity index (χ1v) is 27.0. The van der Waals surface area contributed by atoms with Crippen molar-refractivity contribution >= 4 is 48.9 Å². The van der Waals surface area contributed by atoms with E-state index in [1.165, 1.54) is 35.0 Å². The molecule has 366 valence electrons. The number of sulfone groups is 1. The van der Waals surface area contributed by atoms with E-state index in [4.69, 9.17) is 0 Å². The van der Waals surface area contributed by atoms with Crippen LogP contribution in [0.4, 0.5) is 33.3 Å². The van der Waals surface area contributed by atoms with Gasteiger partial charge in [0, 0.05) is 85.7 Å². The number of carbonyl (C=O) groups is 1. The number of benzene rings is 3. The molecule has 9 rings (SSSR count). The molecule has 19 heteroatoms. The number of nitrogens with one attached hydrogen (secondary N) is 2. The van der Waals surface area contributed by atoms with Crippen molar-refractivity contribution in [3.05, 3.63) is 89.5 Å². The van der Waals surface area contributed by atoms with Crippen LogP contribution in [-0.2, 0) is 19.9 Å². The van der Waals surface area contributed by atoms with Crippen LogP contribution in [0.2, 0.25) is 0 Å². The van der Waals surface area contributed by atoms with Crippen LogP contribution in [0.25, 0.3) is 0 Å². The second-order valence-electron chi connectivity index (χ2n) is 20.1. The molecule has 3 saturated carbocycles. The number of piperazine rings is 1. The minimum absolute atomic E-state index is 0.0315. The molecule has 0 radical (unpaired) electrons. The number of hydrogen-bond donors (Lipinski definition) is 3. The number of likely N-dealkylation sites (tertiary alicyclic amines) is 1. The number of amides is 1. The Balaban J connectivity index is 0.919. The fraction of sp³-hybridized carbons (Fsp3) is 0.562. The molecule has 0 aromatic heterocycles. The van der Waals surface area contributed by atoms with E-state index in [2.05, 4.69) is 33.9 Å². The van der Waals surface area contributed by atoms with Gasteiger partial charge < -0.3 is 20.2 Å². The lowest BCUT2D eigenvalue weighted by atomic mass is 9.32. The fourth-order valence-corrected chi connectivity index (χ4v) is 13.9. The number of alkyl halides is 5. The minimum atomic E-state index is -6.08. The third-order valence-corrected chi connectivity index (χ3v) is 18.6. The van der Waals surface area contributed by atoms with Crippen LogP contribution in [0.3, 0.4) is 0 Å². The lowest BCUT2D eigenvalue weighted by molar-refractivity contribution is -0.249. The first-order valence-electron chi connectivity index (χ1n) is 23.0. The SMILES string of the molecule is CC1(C)CCC(C23CC(C(F)F)(C2)C3)=C(CN2CCN(c3ccc(C(=O)NS(=O)(=O)c4ccc(NC(CCN5CCC(O)CC5)CSc5ccccc5)c(S(=O)(=O)C(F)(F)F)c4)cc3)CC2)C1. The molecule has 2 bridgehead atoms. The molecule has 4 aliphatic carbocycles. The lowest BCUT2D eigenvalue weighted by Gasteiger charge is -2.72. The molecule has 1 atom stereocenters. The summed E-state index contributed by atoms with van der Waals surface area (Å²) in [6.07, 6.45) is 3.71. The number of piperidine rings is 1. The largest absolute Gasteiger partial charge is 0.501 e. The molecule has 0 spiro atoms. The molecular weight excluding hydrogens is 934 g/mol. The number of anilines is 2. The van der Waals surface area contributed by atoms with Gasteiger partial charge in [-0.3, -0.25) is 9.69 Å². The van der Waals surface area contributed by atoms with Gasteiger partial charge in [-0.1, -0.05) is 43.2 Å². The zero-order valence-electron chi connectivity index (χ0n) is 37.8. The van der Waals surface area contributed by atoms with E-state index in [0.717, 1.165) is 61.6 Å². The molecule has 67 heavy (non-hydrogen) atoms. The summed E-state index contributed by atoms with van der Waals surface area (Å²) >= 11 is 1.43. The number of halogens is 5. The highest BCUT2D eigenvalue weighted by molar-refractivity contribution is 7.99. The lowest BCUT2D eigenvalue weighted by Crippen LogP contribution is -2.66. The topological polar surface area (TPSA) is 139 Å². The van der Waals surface area contributed by atoms with Crippen molar-refractivity contribution in [1.29, 1.82) is 0 Å². The Morgan fingerprint density at radius 1 is 0.881 bits per heavy atom. The van der Waals surface area contributed by atoms with E-state index in [0.29, 0.717) is 83.1 Å². The van der Waals surface area contributed by atoms with Crippen LogP contribution in [0.1, 0.15) is 82.0 Å². The molecule has 2 aliphatic heterocycles. The molecular formula is C48H60F5N5O6S3. The maximum atomic E-state index is 14.2. The van der Waals surface area contributed by atoms with Crippen LogP contribution in [0.15, 0.2) is 98.6 Å². The smallest absolute Gasteiger partial charge is 0.393 e. The highest BCUT2D eigenvalue weighted by Gasteiger charge is 2.73. The third-order valence-electron chi connectivity index (χ3n) is 14.6. The van der Waals surface area contributed by atoms with Crippen molar-refractivity contribution in [1.82, 2.24) is 14.5 Å². The Bertz CT molecular complexity index is 2510. The summed E-state index contributed by atoms with van der Waals surface area (Å²) in [6, 6.07) is 17.4. The standard InChI is InChI=1S/C48H60F5N5O6S3/c1-45(2)18-14-40(46-30-47(31-46,32-46)44(49)50)34(27-45)28-57-22-24-58(25-23-57)36-10-8-33(9-11-36)43(60)55-67(63,64)39-12-13-41(42(26-39)66(61,62)48(51,52)53)54-35(29-65-38-6-4-3-5-7-38)15-19-56-20-16-37(59)17-21-56/h3-13,26,35,37,44,54,59H,14-25,27-32H2,1-2H3,(H,55,60). The van der Waals surface area contributed by atoms with Gasteiger partial charge in [-0.15, -0.1) is 11.8 Å². The van der Waals surface area contributed by atoms with Crippen molar-refractivity contribution in [3.8, 4) is 0 Å². The molecule has 6 aliphatic rings. The van der Waals surface area contributed by atoms with Crippen LogP contribution in [0, 0.1) is 16.2 Å². The van der Waals surface area contributed by atoms with Gasteiger partial charge in [0.25, 0.3) is 25.8 Å². The van der Waals surface area contributed by atoms with E-state index >= 15 is 0 Å². The summed E-state index contributed by atoms with van der Waals surface area (Å²) < 4.78 is 125. The predicted octanol–water partition coefficient (Wildman–Crippen LogP) is 8.58. The highest BCUT2D eigenvalue weighted by Crippen LogP contribution is 2.79. The summed E-state index contributed by atoms with van der Waals surface area (Å²) in [5, 5.41) is 12.9. The first-order chi connectivity index (χ1) is 31.6. The number of aliphatic hydroxyl groups is 1. The van der Waals surface area contributed by atoms with Gasteiger partial charge >= 0.3 is 5.51 Å². The predicted molar refractivity (Wildman–Crippen MR) is 250 cm³/mol. The van der Waals surface area contributed by atoms with E-state index in [1.807, 2.05) is 35.1 Å². The van der Waals surface area contributed by atoms with Gasteiger partial charge in [0.15, 0.2) is 0 Å². The number of sulfonamides is 1.